The van der Waals surface area contributed by atoms with Crippen molar-refractivity contribution < 1.29 is 69.4 Å². The number of aliphatic hydroxyl groups is 2. The van der Waals surface area contributed by atoms with E-state index in [4.69, 9.17) is 9.84 Å². The fraction of sp³-hybridized carbons (Fsp3) is 0.200. The van der Waals surface area contributed by atoms with Crippen LogP contribution in [0.25, 0.3) is 28.3 Å². The molecule has 0 radical (unpaired) electrons. The zero-order chi connectivity index (χ0) is 35.8. The molecule has 1 aromatic heterocycles. The minimum atomic E-state index is -1.29. The molecule has 0 bridgehead atoms. The van der Waals surface area contributed by atoms with Crippen molar-refractivity contribution in [2.24, 2.45) is 0 Å². The average Bonchev–Trinajstić information content (AvgIpc) is 3.43. The van der Waals surface area contributed by atoms with Crippen LogP contribution in [0.2, 0.25) is 0 Å². The van der Waals surface area contributed by atoms with Crippen molar-refractivity contribution in [1.29, 1.82) is 0 Å². The Balaban J connectivity index is 0.00000364. The Morgan fingerprint density at radius 3 is 1.96 bits per heavy atom. The summed E-state index contributed by atoms with van der Waals surface area (Å²) >= 11 is 0. The Labute approximate surface area is 318 Å². The van der Waals surface area contributed by atoms with Gasteiger partial charge in [0, 0.05) is 35.0 Å². The number of carboxylic acid groups (broad SMARTS) is 1. The van der Waals surface area contributed by atoms with Crippen LogP contribution in [0.15, 0.2) is 109 Å². The van der Waals surface area contributed by atoms with E-state index in [9.17, 15) is 28.6 Å². The molecule has 1 heterocycles. The number of benzene rings is 4. The van der Waals surface area contributed by atoms with E-state index in [0.29, 0.717) is 46.0 Å². The van der Waals surface area contributed by atoms with E-state index in [2.05, 4.69) is 5.32 Å². The monoisotopic (exact) mass is 704 g/mol. The maximum atomic E-state index is 14.4. The van der Waals surface area contributed by atoms with Crippen molar-refractivity contribution >= 4 is 23.6 Å². The Bertz CT molecular complexity index is 1950. The molecule has 0 fully saturated rings. The van der Waals surface area contributed by atoms with Crippen LogP contribution in [0.1, 0.15) is 55.9 Å². The van der Waals surface area contributed by atoms with Gasteiger partial charge in [-0.2, -0.15) is 0 Å². The van der Waals surface area contributed by atoms with Crippen LogP contribution in [0, 0.1) is 11.6 Å². The number of rotatable bonds is 14. The van der Waals surface area contributed by atoms with Gasteiger partial charge in [0.1, 0.15) is 29.7 Å². The SMILES string of the molecule is CC(C)n1c(/C=C/[C@@H](O)C[C@@H](O)CC(=O)O)c(-c2ccc(F)cc2)c(-c2ccc(F)cc2)c1C(=O)Nc1ccc(OCc2ccccc2)cc1.[H-].[Na+]. The number of aliphatic hydroxyl groups excluding tert-OH is 2. The Morgan fingerprint density at radius 2 is 1.41 bits per heavy atom. The zero-order valence-electron chi connectivity index (χ0n) is 29.6. The maximum absolute atomic E-state index is 14.4. The third kappa shape index (κ3) is 10.2. The van der Waals surface area contributed by atoms with Crippen LogP contribution in [0.3, 0.4) is 0 Å². The maximum Gasteiger partial charge on any atom is 1.00 e. The molecule has 8 nitrogen and oxygen atoms in total. The number of anilines is 1. The zero-order valence-corrected chi connectivity index (χ0v) is 30.6. The van der Waals surface area contributed by atoms with E-state index in [1.807, 2.05) is 44.2 Å². The molecule has 2 atom stereocenters. The normalized spacial score (nSPS) is 12.4. The van der Waals surface area contributed by atoms with Gasteiger partial charge in [-0.25, -0.2) is 8.78 Å². The van der Waals surface area contributed by atoms with Crippen LogP contribution < -0.4 is 39.6 Å². The van der Waals surface area contributed by atoms with E-state index in [0.717, 1.165) is 5.56 Å². The number of carbonyl (C=O) groups excluding carboxylic acids is 1. The minimum absolute atomic E-state index is 0. The van der Waals surface area contributed by atoms with E-state index < -0.39 is 42.1 Å². The van der Waals surface area contributed by atoms with Gasteiger partial charge >= 0.3 is 35.5 Å². The molecular weight excluding hydrogens is 665 g/mol. The number of amides is 1. The number of nitrogens with zero attached hydrogens (tertiary/aromatic N) is 1. The second kappa shape index (κ2) is 18.1. The van der Waals surface area contributed by atoms with Crippen LogP contribution in [0.5, 0.6) is 5.75 Å². The van der Waals surface area contributed by atoms with Crippen LogP contribution in [0.4, 0.5) is 14.5 Å². The summed E-state index contributed by atoms with van der Waals surface area (Å²) in [6.45, 7) is 4.14. The Kier molecular flexibility index (Phi) is 13.9. The fourth-order valence-corrected chi connectivity index (χ4v) is 5.75. The first kappa shape index (κ1) is 39.2. The molecule has 0 aliphatic carbocycles. The van der Waals surface area contributed by atoms with E-state index in [1.165, 1.54) is 30.3 Å². The molecule has 51 heavy (non-hydrogen) atoms. The molecule has 1 amide bonds. The molecule has 260 valence electrons. The first-order valence-corrected chi connectivity index (χ1v) is 16.1. The molecule has 4 N–H and O–H groups in total. The van der Waals surface area contributed by atoms with Gasteiger partial charge < -0.3 is 31.4 Å². The molecule has 11 heteroatoms. The summed E-state index contributed by atoms with van der Waals surface area (Å²) in [6, 6.07) is 27.8. The molecule has 0 aliphatic heterocycles. The molecule has 0 aliphatic rings. The number of halogens is 2. The number of carbonyl (C=O) groups is 2. The Morgan fingerprint density at radius 1 is 0.843 bits per heavy atom. The van der Waals surface area contributed by atoms with E-state index in [-0.39, 0.29) is 49.1 Å². The van der Waals surface area contributed by atoms with Crippen LogP contribution in [-0.2, 0) is 11.4 Å². The van der Waals surface area contributed by atoms with Gasteiger partial charge in [0.15, 0.2) is 0 Å². The van der Waals surface area contributed by atoms with Gasteiger partial charge in [-0.05, 0) is 85.1 Å². The van der Waals surface area contributed by atoms with Gasteiger partial charge in [-0.3, -0.25) is 9.59 Å². The third-order valence-electron chi connectivity index (χ3n) is 8.00. The predicted octanol–water partition coefficient (Wildman–Crippen LogP) is 5.23. The van der Waals surface area contributed by atoms with Crippen molar-refractivity contribution in [2.75, 3.05) is 5.32 Å². The molecule has 5 rings (SSSR count). The second-order valence-electron chi connectivity index (χ2n) is 12.1. The van der Waals surface area contributed by atoms with Crippen LogP contribution in [-0.4, -0.2) is 44.0 Å². The van der Waals surface area contributed by atoms with Crippen molar-refractivity contribution in [3.05, 3.63) is 138 Å². The summed E-state index contributed by atoms with van der Waals surface area (Å²) < 4.78 is 36.0. The molecule has 0 unspecified atom stereocenters. The fourth-order valence-electron chi connectivity index (χ4n) is 5.75. The number of aromatic nitrogens is 1. The standard InChI is InChI=1S/C40H38F2N2O6.Na.H/c1-25(2)44-35(21-18-32(45)22-33(46)23-36(47)48)37(27-8-12-29(41)13-9-27)38(28-10-14-30(42)15-11-28)39(44)40(49)43-31-16-19-34(20-17-31)50-24-26-6-4-3-5-7-26;;/h3-21,25,32-33,45-46H,22-24H2,1-2H3,(H,43,49)(H,47,48);;/q;+1;-1/b21-18+;;/t32-,33-;;/m1../s1. The average molecular weight is 705 g/mol. The largest absolute Gasteiger partial charge is 1.00 e. The van der Waals surface area contributed by atoms with E-state index >= 15 is 0 Å². The number of ether oxygens (including phenoxy) is 1. The molecule has 0 saturated carbocycles. The van der Waals surface area contributed by atoms with Crippen molar-refractivity contribution in [1.82, 2.24) is 4.57 Å². The van der Waals surface area contributed by atoms with Gasteiger partial charge in [-0.15, -0.1) is 0 Å². The molecule has 4 aromatic carbocycles. The summed E-state index contributed by atoms with van der Waals surface area (Å²) in [4.78, 5) is 25.4. The van der Waals surface area contributed by atoms with Crippen molar-refractivity contribution in [3.8, 4) is 28.0 Å². The van der Waals surface area contributed by atoms with Crippen LogP contribution >= 0.6 is 0 Å². The number of carboxylic acids is 1. The number of hydrogen-bond acceptors (Lipinski definition) is 5. The van der Waals surface area contributed by atoms with Gasteiger partial charge in [-0.1, -0.05) is 60.7 Å². The summed E-state index contributed by atoms with van der Waals surface area (Å²) in [7, 11) is 0. The summed E-state index contributed by atoms with van der Waals surface area (Å²) in [5.74, 6) is -1.99. The summed E-state index contributed by atoms with van der Waals surface area (Å²) in [5, 5.41) is 32.9. The third-order valence-corrected chi connectivity index (χ3v) is 8.00. The van der Waals surface area contributed by atoms with E-state index in [1.54, 1.807) is 59.2 Å². The molecule has 5 aromatic rings. The molecule has 0 saturated heterocycles. The van der Waals surface area contributed by atoms with Gasteiger partial charge in [0.2, 0.25) is 0 Å². The van der Waals surface area contributed by atoms with Crippen molar-refractivity contribution in [2.45, 2.75) is 51.5 Å². The topological polar surface area (TPSA) is 121 Å². The number of aliphatic carboxylic acids is 1. The van der Waals surface area contributed by atoms with Crippen molar-refractivity contribution in [3.63, 3.8) is 0 Å². The molecule has 0 spiro atoms. The number of hydrogen-bond donors (Lipinski definition) is 4. The van der Waals surface area contributed by atoms with Gasteiger partial charge in [0.25, 0.3) is 5.91 Å². The molecular formula is C40H39F2N2NaO6. The summed E-state index contributed by atoms with van der Waals surface area (Å²) in [6.07, 6.45) is -0.272. The quantitative estimate of drug-likeness (QED) is 0.118. The first-order chi connectivity index (χ1) is 24.0. The first-order valence-electron chi connectivity index (χ1n) is 16.1. The summed E-state index contributed by atoms with van der Waals surface area (Å²) in [5.41, 5.74) is 4.26. The number of nitrogens with one attached hydrogen (secondary N) is 1. The van der Waals surface area contributed by atoms with Gasteiger partial charge in [0.05, 0.1) is 18.6 Å². The Hall–Kier alpha value is -4.58. The smallest absolute Gasteiger partial charge is 1.00 e. The predicted molar refractivity (Wildman–Crippen MR) is 190 cm³/mol. The minimum Gasteiger partial charge on any atom is -1.00 e. The second-order valence-corrected chi connectivity index (χ2v) is 12.1.